The smallest absolute Gasteiger partial charge is 0.251 e. The maximum Gasteiger partial charge on any atom is 0.251 e. The molecule has 4 aliphatic carbocycles. The van der Waals surface area contributed by atoms with Crippen molar-refractivity contribution in [3.05, 3.63) is 266 Å². The van der Waals surface area contributed by atoms with Crippen molar-refractivity contribution in [1.82, 2.24) is 51.5 Å². The van der Waals surface area contributed by atoms with E-state index in [9.17, 15) is 22.8 Å². The van der Waals surface area contributed by atoms with Crippen LogP contribution in [0.1, 0.15) is 166 Å². The molecule has 35 heteroatoms. The Bertz CT molecular complexity index is 5440. The molecule has 0 spiro atoms. The Hall–Kier alpha value is -8.04. The Labute approximate surface area is 822 Å². The van der Waals surface area contributed by atoms with Gasteiger partial charge in [0, 0.05) is 98.3 Å². The number of benzene rings is 8. The van der Waals surface area contributed by atoms with Gasteiger partial charge < -0.3 is 43.4 Å². The summed E-state index contributed by atoms with van der Waals surface area (Å²) in [6.07, 6.45) is 19.3. The second-order valence-electron chi connectivity index (χ2n) is 33.2. The third-order valence-corrected chi connectivity index (χ3v) is 30.3. The molecule has 2 amide bonds. The van der Waals surface area contributed by atoms with Gasteiger partial charge in [0.25, 0.3) is 11.8 Å². The number of halogens is 7. The van der Waals surface area contributed by atoms with Gasteiger partial charge in [0.15, 0.2) is 31.0 Å². The number of nitriles is 2. The molecule has 8 aromatic rings. The standard InChI is InChI=1S/C28H43FN6S2.C23H18Br2N4OS.C23H17BrClFN4OS.C22H31FN6S2/c29-26-12-11-24(16-36-27-30-18-34(19-31-27)14-22-7-3-1-4-8-22)25(13-26)17-37-28-32-20-35(21-33-28)15-23-9-5-2-6-10-23;24-18-7-9-20(10-8-18)29-23(27)31-14-17-5-6-19(25)11-21(17)22(30)28-13-16-3-1-15(12-26)2-4-16;24-17-6-5-16(13-32-23(28)30-18-7-8-21(26)20(25)10-18)19(9-17)22(31)29-12-15-3-1-14(11-27)2-4-15;23-20-6-5-18(10-30-21-24-12-28(13-25-21)8-16-1-2-16)19(7-20)11-31-22-26-14-29(15-27-22)9-17-3-4-17/h11-13,22-23H,1-10,14-21H2,(H,30,31)(H,32,33);1-11H,13-14H2,(H2,27,29)(H,28,30);1-10H,12-13H2,(H2,28,30)(H,29,31);5-7,16-17H,1-4,8-15H2,(H,24,25)(H,26,27). The molecule has 16 rings (SSSR count). The average molecular weight is 2100 g/mol. The molecular weight excluding hydrogens is 1990 g/mol. The van der Waals surface area contributed by atoms with Gasteiger partial charge in [-0.15, -0.1) is 0 Å². The molecule has 8 aromatic carbocycles. The summed E-state index contributed by atoms with van der Waals surface area (Å²) in [4.78, 5) is 62.8. The summed E-state index contributed by atoms with van der Waals surface area (Å²) < 4.78 is 43.9. The summed E-state index contributed by atoms with van der Waals surface area (Å²) in [5.74, 6) is 6.09. The predicted molar refractivity (Wildman–Crippen MR) is 548 cm³/mol. The monoisotopic (exact) mass is 2090 g/mol. The van der Waals surface area contributed by atoms with Crippen LogP contribution in [0.25, 0.3) is 0 Å². The molecule has 4 fully saturated rings. The van der Waals surface area contributed by atoms with Crippen molar-refractivity contribution in [2.24, 2.45) is 65.1 Å². The summed E-state index contributed by atoms with van der Waals surface area (Å²) in [6.45, 7) is 11.9. The number of amidine groups is 6. The molecule has 10 N–H and O–H groups in total. The molecule has 4 aliphatic heterocycles. The van der Waals surface area contributed by atoms with Crippen molar-refractivity contribution >= 4 is 184 Å². The number of aliphatic imine (C=N–C) groups is 6. The molecule has 22 nitrogen and oxygen atoms in total. The van der Waals surface area contributed by atoms with Crippen LogP contribution in [0.3, 0.4) is 0 Å². The van der Waals surface area contributed by atoms with Crippen molar-refractivity contribution in [1.29, 1.82) is 10.5 Å². The molecule has 4 saturated carbocycles. The van der Waals surface area contributed by atoms with Crippen LogP contribution < -0.4 is 43.4 Å². The Morgan fingerprint density at radius 3 is 1.11 bits per heavy atom. The molecule has 8 aliphatic rings. The van der Waals surface area contributed by atoms with Crippen LogP contribution >= 0.6 is 130 Å². The third kappa shape index (κ3) is 34.7. The van der Waals surface area contributed by atoms with Gasteiger partial charge in [-0.2, -0.15) is 10.5 Å². The Balaban J connectivity index is 0.000000149. The molecule has 4 heterocycles. The van der Waals surface area contributed by atoms with Crippen molar-refractivity contribution in [2.75, 3.05) is 79.5 Å². The van der Waals surface area contributed by atoms with Crippen LogP contribution in [-0.2, 0) is 47.6 Å². The van der Waals surface area contributed by atoms with E-state index in [-0.39, 0.29) is 33.6 Å². The minimum Gasteiger partial charge on any atom is -0.378 e. The zero-order valence-corrected chi connectivity index (χ0v) is 83.3. The van der Waals surface area contributed by atoms with Gasteiger partial charge in [0.05, 0.1) is 93.0 Å². The molecule has 0 atom stereocenters. The molecule has 690 valence electrons. The number of nitrogens with one attached hydrogen (secondary N) is 6. The fourth-order valence-corrected chi connectivity index (χ4v) is 21.4. The van der Waals surface area contributed by atoms with Crippen LogP contribution in [0.2, 0.25) is 5.02 Å². The molecule has 0 saturated heterocycles. The summed E-state index contributed by atoms with van der Waals surface area (Å²) in [5.41, 5.74) is 23.4. The zero-order valence-electron chi connectivity index (χ0n) is 72.9. The van der Waals surface area contributed by atoms with E-state index in [1.165, 1.54) is 137 Å². The average Bonchev–Trinajstić information content (AvgIpc) is 1.50. The Kier molecular flexibility index (Phi) is 40.4. The van der Waals surface area contributed by atoms with Crippen molar-refractivity contribution < 1.29 is 22.8 Å². The van der Waals surface area contributed by atoms with Gasteiger partial charge in [0.2, 0.25) is 0 Å². The van der Waals surface area contributed by atoms with E-state index in [0.717, 1.165) is 205 Å². The highest BCUT2D eigenvalue weighted by molar-refractivity contribution is 9.11. The molecular formula is C96H109Br3ClF3N20O2S6. The van der Waals surface area contributed by atoms with E-state index in [2.05, 4.69) is 131 Å². The lowest BCUT2D eigenvalue weighted by Crippen LogP contribution is -2.44. The third-order valence-electron chi connectivity index (χ3n) is 22.8. The first-order valence-corrected chi connectivity index (χ1v) is 52.7. The van der Waals surface area contributed by atoms with Crippen LogP contribution in [0, 0.1) is 63.8 Å². The van der Waals surface area contributed by atoms with Gasteiger partial charge in [-0.25, -0.2) is 43.1 Å². The van der Waals surface area contributed by atoms with E-state index in [1.54, 1.807) is 120 Å². The normalized spacial score (nSPS) is 17.1. The van der Waals surface area contributed by atoms with Crippen LogP contribution in [0.4, 0.5) is 24.5 Å². The molecule has 0 bridgehead atoms. The van der Waals surface area contributed by atoms with E-state index in [1.807, 2.05) is 72.8 Å². The summed E-state index contributed by atoms with van der Waals surface area (Å²) in [5, 5.41) is 42.0. The van der Waals surface area contributed by atoms with E-state index < -0.39 is 5.82 Å². The maximum atomic E-state index is 14.1. The lowest BCUT2D eigenvalue weighted by Gasteiger charge is -2.31. The highest BCUT2D eigenvalue weighted by Crippen LogP contribution is 2.35. The number of carbonyl (C=O) groups is 2. The van der Waals surface area contributed by atoms with Gasteiger partial charge in [-0.1, -0.05) is 217 Å². The van der Waals surface area contributed by atoms with Gasteiger partial charge >= 0.3 is 0 Å². The maximum absolute atomic E-state index is 14.1. The number of hydrogen-bond acceptors (Lipinski definition) is 24. The fourth-order valence-electron chi connectivity index (χ4n) is 15.2. The van der Waals surface area contributed by atoms with E-state index in [0.29, 0.717) is 57.7 Å². The lowest BCUT2D eigenvalue weighted by molar-refractivity contribution is 0.0942. The van der Waals surface area contributed by atoms with Crippen LogP contribution in [0.15, 0.2) is 207 Å². The Morgan fingerprint density at radius 2 is 0.763 bits per heavy atom. The van der Waals surface area contributed by atoms with Crippen LogP contribution in [-0.4, -0.2) is 142 Å². The predicted octanol–water partition coefficient (Wildman–Crippen LogP) is 21.1. The molecule has 0 unspecified atom stereocenters. The Morgan fingerprint density at radius 1 is 0.420 bits per heavy atom. The number of amides is 2. The second kappa shape index (κ2) is 52.7. The number of thioether (sulfide) groups is 6. The first kappa shape index (κ1) is 100. The molecule has 0 radical (unpaired) electrons. The summed E-state index contributed by atoms with van der Waals surface area (Å²) in [7, 11) is 0. The number of nitrogens with zero attached hydrogens (tertiary/aromatic N) is 12. The topological polar surface area (TPSA) is 293 Å². The summed E-state index contributed by atoms with van der Waals surface area (Å²) >= 11 is 25.4. The van der Waals surface area contributed by atoms with Crippen molar-refractivity contribution in [2.45, 2.75) is 137 Å². The van der Waals surface area contributed by atoms with Crippen molar-refractivity contribution in [3.63, 3.8) is 0 Å². The fraction of sp³-hybridized carbons (Fsp3) is 0.396. The quantitative estimate of drug-likeness (QED) is 0.0167. The minimum absolute atomic E-state index is 0.0295. The van der Waals surface area contributed by atoms with E-state index in [4.69, 9.17) is 43.6 Å². The van der Waals surface area contributed by atoms with Crippen LogP contribution in [0.5, 0.6) is 0 Å². The number of rotatable bonds is 28. The highest BCUT2D eigenvalue weighted by atomic mass is 79.9. The molecule has 0 aromatic heterocycles. The first-order valence-electron chi connectivity index (χ1n) is 44.1. The van der Waals surface area contributed by atoms with Gasteiger partial charge in [-0.05, 0) is 235 Å². The first-order chi connectivity index (χ1) is 63.7. The second-order valence-corrected chi connectivity index (χ2v) is 42.2. The zero-order chi connectivity index (χ0) is 91.6. The van der Waals surface area contributed by atoms with E-state index >= 15 is 0 Å². The van der Waals surface area contributed by atoms with Crippen molar-refractivity contribution in [3.8, 4) is 12.1 Å². The minimum atomic E-state index is -0.525. The van der Waals surface area contributed by atoms with Gasteiger partial charge in [0.1, 0.15) is 17.5 Å². The largest absolute Gasteiger partial charge is 0.378 e. The summed E-state index contributed by atoms with van der Waals surface area (Å²) in [6, 6.07) is 51.3. The molecule has 131 heavy (non-hydrogen) atoms. The number of nitrogens with two attached hydrogens (primary N) is 2. The highest BCUT2D eigenvalue weighted by Gasteiger charge is 2.29. The number of carbonyl (C=O) groups excluding carboxylic acids is 2. The van der Waals surface area contributed by atoms with Gasteiger partial charge in [-0.3, -0.25) is 29.2 Å². The lowest BCUT2D eigenvalue weighted by atomic mass is 9.89. The SMILES string of the molecule is Fc1ccc(CSC2=NCN(CC3CC3)CN2)c(CSC2=NCN(CC3CC3)CN2)c1.Fc1ccc(CSC2=NCN(CC3CCCCC3)CN2)c(CSC2=NCN(CC3CCCCC3)CN2)c1.N#Cc1ccc(CNC(=O)c2cc(Br)ccc2CSC(N)=Nc2ccc(Br)cc2)cc1.N#Cc1ccc(CNC(=O)c2cc(Br)ccc2CSC(N)=Nc2ccc(F)c(Cl)c2)cc1. The number of hydrogen-bond donors (Lipinski definition) is 8.